The molecule has 0 amide bonds. The second-order valence-corrected chi connectivity index (χ2v) is 5.12. The molecule has 0 saturated carbocycles. The van der Waals surface area contributed by atoms with Crippen molar-refractivity contribution in [2.45, 2.75) is 20.3 Å². The lowest BCUT2D eigenvalue weighted by Gasteiger charge is -2.17. The van der Waals surface area contributed by atoms with E-state index in [2.05, 4.69) is 15.9 Å². The van der Waals surface area contributed by atoms with Gasteiger partial charge in [-0.2, -0.15) is 5.26 Å². The fourth-order valence-electron chi connectivity index (χ4n) is 1.48. The van der Waals surface area contributed by atoms with Crippen molar-refractivity contribution in [3.63, 3.8) is 0 Å². The van der Waals surface area contributed by atoms with Gasteiger partial charge >= 0.3 is 0 Å². The molecule has 0 bridgehead atoms. The van der Waals surface area contributed by atoms with Crippen LogP contribution in [0.1, 0.15) is 19.4 Å². The Hall–Kier alpha value is -1.74. The van der Waals surface area contributed by atoms with Crippen LogP contribution in [0.2, 0.25) is 0 Å². The fourth-order valence-corrected chi connectivity index (χ4v) is 1.83. The van der Waals surface area contributed by atoms with Crippen LogP contribution in [0, 0.1) is 26.9 Å². The molecule has 0 aliphatic heterocycles. The number of carbonyl (C=O) groups is 1. The maximum Gasteiger partial charge on any atom is 0.273 e. The lowest BCUT2D eigenvalue weighted by molar-refractivity contribution is -0.385. The molecular weight excluding hydrogens is 300 g/mol. The molecule has 18 heavy (non-hydrogen) atoms. The summed E-state index contributed by atoms with van der Waals surface area (Å²) in [7, 11) is 0. The smallest absolute Gasteiger partial charge is 0.273 e. The maximum absolute atomic E-state index is 11.4. The van der Waals surface area contributed by atoms with Crippen LogP contribution in [0.15, 0.2) is 22.7 Å². The molecule has 5 nitrogen and oxygen atoms in total. The number of hydrogen-bond donors (Lipinski definition) is 0. The number of nitro groups is 1. The maximum atomic E-state index is 11.4. The largest absolute Gasteiger partial charge is 0.298 e. The van der Waals surface area contributed by atoms with Crippen molar-refractivity contribution in [1.82, 2.24) is 0 Å². The number of halogens is 1. The van der Waals surface area contributed by atoms with Gasteiger partial charge in [0, 0.05) is 22.5 Å². The Morgan fingerprint density at radius 3 is 2.67 bits per heavy atom. The first kappa shape index (κ1) is 14.3. The molecule has 0 aliphatic carbocycles. The Labute approximate surface area is 113 Å². The van der Waals surface area contributed by atoms with E-state index in [0.717, 1.165) is 0 Å². The van der Waals surface area contributed by atoms with Crippen molar-refractivity contribution in [3.05, 3.63) is 38.3 Å². The molecule has 0 saturated heterocycles. The molecule has 1 aromatic rings. The zero-order valence-electron chi connectivity index (χ0n) is 9.94. The van der Waals surface area contributed by atoms with Crippen LogP contribution in [0.3, 0.4) is 0 Å². The minimum Gasteiger partial charge on any atom is -0.298 e. The summed E-state index contributed by atoms with van der Waals surface area (Å²) in [5, 5.41) is 20.0. The molecular formula is C12H11BrN2O3. The van der Waals surface area contributed by atoms with Gasteiger partial charge in [-0.3, -0.25) is 14.9 Å². The van der Waals surface area contributed by atoms with Crippen LogP contribution in [0.25, 0.3) is 0 Å². The number of carbonyl (C=O) groups excluding carboxylic acids is 1. The summed E-state index contributed by atoms with van der Waals surface area (Å²) < 4.78 is 0.583. The average Bonchev–Trinajstić information content (AvgIpc) is 2.30. The van der Waals surface area contributed by atoms with E-state index in [0.29, 0.717) is 10.0 Å². The molecule has 0 fully saturated rings. The number of benzene rings is 1. The summed E-state index contributed by atoms with van der Waals surface area (Å²) in [6.45, 7) is 2.80. The molecule has 1 atom stereocenters. The van der Waals surface area contributed by atoms with Gasteiger partial charge in [-0.25, -0.2) is 0 Å². The van der Waals surface area contributed by atoms with Crippen LogP contribution < -0.4 is 0 Å². The molecule has 0 aliphatic rings. The lowest BCUT2D eigenvalue weighted by atomic mass is 9.81. The van der Waals surface area contributed by atoms with Gasteiger partial charge in [0.1, 0.15) is 11.2 Å². The van der Waals surface area contributed by atoms with Gasteiger partial charge in [0.05, 0.1) is 11.0 Å². The van der Waals surface area contributed by atoms with Crippen molar-refractivity contribution in [2.75, 3.05) is 0 Å². The first-order chi connectivity index (χ1) is 8.30. The molecule has 6 heteroatoms. The Kier molecular flexibility index (Phi) is 4.19. The molecule has 0 spiro atoms. The van der Waals surface area contributed by atoms with E-state index in [4.69, 9.17) is 5.26 Å². The summed E-state index contributed by atoms with van der Waals surface area (Å²) in [6, 6.07) is 6.50. The molecule has 0 N–H and O–H groups in total. The van der Waals surface area contributed by atoms with E-state index in [-0.39, 0.29) is 17.9 Å². The molecule has 0 radical (unpaired) electrons. The second-order valence-electron chi connectivity index (χ2n) is 4.21. The topological polar surface area (TPSA) is 84.0 Å². The first-order valence-corrected chi connectivity index (χ1v) is 5.94. The predicted molar refractivity (Wildman–Crippen MR) is 68.9 cm³/mol. The third-order valence-electron chi connectivity index (χ3n) is 2.81. The van der Waals surface area contributed by atoms with Crippen LogP contribution >= 0.6 is 15.9 Å². The highest BCUT2D eigenvalue weighted by atomic mass is 79.9. The number of rotatable bonds is 4. The van der Waals surface area contributed by atoms with Crippen LogP contribution in [-0.4, -0.2) is 10.7 Å². The second kappa shape index (κ2) is 5.27. The predicted octanol–water partition coefficient (Wildman–Crippen LogP) is 3.02. The number of nitrogens with zero attached hydrogens (tertiary/aromatic N) is 2. The average molecular weight is 311 g/mol. The van der Waals surface area contributed by atoms with Crippen molar-refractivity contribution in [2.24, 2.45) is 5.41 Å². The number of nitro benzene ring substituents is 1. The van der Waals surface area contributed by atoms with Crippen LogP contribution in [0.5, 0.6) is 0 Å². The van der Waals surface area contributed by atoms with Gasteiger partial charge in [0.25, 0.3) is 5.69 Å². The summed E-state index contributed by atoms with van der Waals surface area (Å²) >= 11 is 3.15. The molecule has 1 aromatic carbocycles. The lowest BCUT2D eigenvalue weighted by Crippen LogP contribution is -2.26. The zero-order valence-corrected chi connectivity index (χ0v) is 11.5. The summed E-state index contributed by atoms with van der Waals surface area (Å²) in [6.07, 6.45) is 0.0302. The van der Waals surface area contributed by atoms with E-state index < -0.39 is 10.3 Å². The van der Waals surface area contributed by atoms with E-state index in [1.807, 2.05) is 6.07 Å². The SMILES string of the molecule is CC(=O)C(C)(C#N)Cc1ccc(Br)cc1[N+](=O)[O-]. The van der Waals surface area contributed by atoms with E-state index in [1.165, 1.54) is 19.9 Å². The molecule has 0 aromatic heterocycles. The first-order valence-electron chi connectivity index (χ1n) is 5.15. The van der Waals surface area contributed by atoms with Gasteiger partial charge in [-0.1, -0.05) is 22.0 Å². The fraction of sp³-hybridized carbons (Fsp3) is 0.333. The Balaban J connectivity index is 3.24. The number of hydrogen-bond acceptors (Lipinski definition) is 4. The van der Waals surface area contributed by atoms with Crippen LogP contribution in [-0.2, 0) is 11.2 Å². The molecule has 1 rings (SSSR count). The van der Waals surface area contributed by atoms with E-state index >= 15 is 0 Å². The molecule has 94 valence electrons. The highest BCUT2D eigenvalue weighted by Crippen LogP contribution is 2.30. The van der Waals surface area contributed by atoms with Crippen molar-refractivity contribution < 1.29 is 9.72 Å². The highest BCUT2D eigenvalue weighted by molar-refractivity contribution is 9.10. The van der Waals surface area contributed by atoms with Gasteiger partial charge in [0.15, 0.2) is 0 Å². The standard InChI is InChI=1S/C12H11BrN2O3/c1-8(16)12(2,7-14)6-9-3-4-10(13)5-11(9)15(17)18/h3-5H,6H2,1-2H3. The minimum absolute atomic E-state index is 0.0302. The zero-order chi connectivity index (χ0) is 13.9. The molecule has 0 heterocycles. The van der Waals surface area contributed by atoms with Crippen LogP contribution in [0.4, 0.5) is 5.69 Å². The normalized spacial score (nSPS) is 13.4. The van der Waals surface area contributed by atoms with E-state index in [9.17, 15) is 14.9 Å². The van der Waals surface area contributed by atoms with Gasteiger partial charge in [-0.05, 0) is 19.9 Å². The Bertz CT molecular complexity index is 551. The number of Topliss-reactive ketones (excluding diaryl/α,β-unsaturated/α-hetero) is 1. The third-order valence-corrected chi connectivity index (χ3v) is 3.31. The quantitative estimate of drug-likeness (QED) is 0.632. The number of nitriles is 1. The Morgan fingerprint density at radius 1 is 1.61 bits per heavy atom. The summed E-state index contributed by atoms with van der Waals surface area (Å²) in [5.41, 5.74) is -0.951. The summed E-state index contributed by atoms with van der Waals surface area (Å²) in [4.78, 5) is 21.9. The monoisotopic (exact) mass is 310 g/mol. The van der Waals surface area contributed by atoms with Crippen molar-refractivity contribution >= 4 is 27.4 Å². The Morgan fingerprint density at radius 2 is 2.22 bits per heavy atom. The van der Waals surface area contributed by atoms with Gasteiger partial charge in [-0.15, -0.1) is 0 Å². The summed E-state index contributed by atoms with van der Waals surface area (Å²) in [5.74, 6) is -0.304. The highest BCUT2D eigenvalue weighted by Gasteiger charge is 2.32. The minimum atomic E-state index is -1.24. The number of ketones is 1. The van der Waals surface area contributed by atoms with Gasteiger partial charge in [0.2, 0.25) is 0 Å². The van der Waals surface area contributed by atoms with Crippen molar-refractivity contribution in [3.8, 4) is 6.07 Å². The third kappa shape index (κ3) is 2.93. The van der Waals surface area contributed by atoms with E-state index in [1.54, 1.807) is 12.1 Å². The van der Waals surface area contributed by atoms with Crippen molar-refractivity contribution in [1.29, 1.82) is 5.26 Å². The van der Waals surface area contributed by atoms with Gasteiger partial charge < -0.3 is 0 Å². The molecule has 1 unspecified atom stereocenters.